The molecule has 0 fully saturated rings. The SMILES string of the molecule is CC(C)c1ccccc1C=Cc1cccc(CCCN2C(=O)c3ccccc3C2=O)c1. The van der Waals surface area contributed by atoms with Crippen molar-refractivity contribution in [2.24, 2.45) is 0 Å². The Hall–Kier alpha value is -3.46. The standard InChI is InChI=1S/C28H27NO2/c1-20(2)24-13-4-3-12-23(24)17-16-22-10-7-9-21(19-22)11-8-18-29-27(30)25-14-5-6-15-26(25)28(29)31/h3-7,9-10,12-17,19-20H,8,11,18H2,1-2H3. The van der Waals surface area contributed by atoms with Crippen LogP contribution in [-0.2, 0) is 6.42 Å². The zero-order valence-corrected chi connectivity index (χ0v) is 18.0. The van der Waals surface area contributed by atoms with Crippen molar-refractivity contribution in [3.8, 4) is 0 Å². The zero-order chi connectivity index (χ0) is 21.8. The topological polar surface area (TPSA) is 37.4 Å². The van der Waals surface area contributed by atoms with Crippen LogP contribution >= 0.6 is 0 Å². The number of amides is 2. The first kappa shape index (κ1) is 20.8. The maximum Gasteiger partial charge on any atom is 0.261 e. The lowest BCUT2D eigenvalue weighted by molar-refractivity contribution is 0.0652. The van der Waals surface area contributed by atoms with Crippen molar-refractivity contribution in [3.05, 3.63) is 106 Å². The number of hydrogen-bond acceptors (Lipinski definition) is 2. The Morgan fingerprint density at radius 2 is 1.48 bits per heavy atom. The minimum atomic E-state index is -0.180. The number of carbonyl (C=O) groups is 2. The van der Waals surface area contributed by atoms with Crippen LogP contribution in [-0.4, -0.2) is 23.3 Å². The molecule has 0 saturated heterocycles. The summed E-state index contributed by atoms with van der Waals surface area (Å²) in [5, 5.41) is 0. The number of aryl methyl sites for hydroxylation is 1. The van der Waals surface area contributed by atoms with Gasteiger partial charge < -0.3 is 0 Å². The van der Waals surface area contributed by atoms with E-state index in [0.29, 0.717) is 23.6 Å². The molecule has 2 amide bonds. The highest BCUT2D eigenvalue weighted by molar-refractivity contribution is 6.21. The molecule has 0 bridgehead atoms. The van der Waals surface area contributed by atoms with Gasteiger partial charge in [-0.05, 0) is 53.1 Å². The highest BCUT2D eigenvalue weighted by atomic mass is 16.2. The summed E-state index contributed by atoms with van der Waals surface area (Å²) < 4.78 is 0. The van der Waals surface area contributed by atoms with Gasteiger partial charge in [0.05, 0.1) is 11.1 Å². The van der Waals surface area contributed by atoms with E-state index in [-0.39, 0.29) is 11.8 Å². The molecule has 1 heterocycles. The van der Waals surface area contributed by atoms with Gasteiger partial charge >= 0.3 is 0 Å². The highest BCUT2D eigenvalue weighted by Gasteiger charge is 2.34. The van der Waals surface area contributed by atoms with Gasteiger partial charge in [-0.2, -0.15) is 0 Å². The quantitative estimate of drug-likeness (QED) is 0.344. The van der Waals surface area contributed by atoms with Gasteiger partial charge in [-0.3, -0.25) is 14.5 Å². The minimum absolute atomic E-state index is 0.180. The van der Waals surface area contributed by atoms with Crippen LogP contribution in [0.15, 0.2) is 72.8 Å². The van der Waals surface area contributed by atoms with Gasteiger partial charge in [-0.15, -0.1) is 0 Å². The van der Waals surface area contributed by atoms with Crippen LogP contribution in [0.2, 0.25) is 0 Å². The predicted molar refractivity (Wildman–Crippen MR) is 126 cm³/mol. The summed E-state index contributed by atoms with van der Waals surface area (Å²) in [6, 6.07) is 24.0. The fourth-order valence-electron chi connectivity index (χ4n) is 4.11. The Morgan fingerprint density at radius 1 is 0.806 bits per heavy atom. The molecule has 3 aromatic rings. The summed E-state index contributed by atoms with van der Waals surface area (Å²) >= 11 is 0. The molecule has 31 heavy (non-hydrogen) atoms. The number of benzene rings is 3. The average Bonchev–Trinajstić information content (AvgIpc) is 3.03. The molecule has 0 N–H and O–H groups in total. The lowest BCUT2D eigenvalue weighted by Gasteiger charge is -2.13. The van der Waals surface area contributed by atoms with Crippen molar-refractivity contribution in [1.29, 1.82) is 0 Å². The van der Waals surface area contributed by atoms with E-state index in [1.165, 1.54) is 21.6 Å². The number of imide groups is 1. The monoisotopic (exact) mass is 409 g/mol. The largest absolute Gasteiger partial charge is 0.274 e. The van der Waals surface area contributed by atoms with Crippen molar-refractivity contribution in [2.45, 2.75) is 32.6 Å². The molecular formula is C28H27NO2. The van der Waals surface area contributed by atoms with Crippen molar-refractivity contribution in [1.82, 2.24) is 4.90 Å². The van der Waals surface area contributed by atoms with Crippen LogP contribution in [0.25, 0.3) is 12.2 Å². The summed E-state index contributed by atoms with van der Waals surface area (Å²) in [6.45, 7) is 4.86. The Bertz CT molecular complexity index is 1110. The molecule has 4 rings (SSSR count). The second kappa shape index (κ2) is 9.13. The molecule has 1 aliphatic rings. The maximum atomic E-state index is 12.5. The molecule has 0 aliphatic carbocycles. The molecule has 0 atom stereocenters. The Kier molecular flexibility index (Phi) is 6.13. The van der Waals surface area contributed by atoms with Gasteiger partial charge in [0.2, 0.25) is 0 Å². The third-order valence-corrected chi connectivity index (χ3v) is 5.75. The lowest BCUT2D eigenvalue weighted by Crippen LogP contribution is -2.30. The Morgan fingerprint density at radius 3 is 2.19 bits per heavy atom. The lowest BCUT2D eigenvalue weighted by atomic mass is 9.96. The first-order chi connectivity index (χ1) is 15.0. The van der Waals surface area contributed by atoms with Gasteiger partial charge in [0, 0.05) is 6.54 Å². The summed E-state index contributed by atoms with van der Waals surface area (Å²) in [5.74, 6) is 0.122. The van der Waals surface area contributed by atoms with Gasteiger partial charge in [0.1, 0.15) is 0 Å². The third kappa shape index (κ3) is 4.51. The van der Waals surface area contributed by atoms with Crippen LogP contribution in [0.4, 0.5) is 0 Å². The van der Waals surface area contributed by atoms with Crippen LogP contribution in [0, 0.1) is 0 Å². The van der Waals surface area contributed by atoms with Gasteiger partial charge in [0.25, 0.3) is 11.8 Å². The number of carbonyl (C=O) groups excluding carboxylic acids is 2. The molecule has 156 valence electrons. The van der Waals surface area contributed by atoms with Crippen LogP contribution in [0.3, 0.4) is 0 Å². The molecule has 3 aromatic carbocycles. The van der Waals surface area contributed by atoms with Crippen LogP contribution < -0.4 is 0 Å². The molecule has 0 aromatic heterocycles. The van der Waals surface area contributed by atoms with Gasteiger partial charge in [-0.1, -0.05) is 86.7 Å². The van der Waals surface area contributed by atoms with E-state index in [1.807, 2.05) is 0 Å². The normalized spacial score (nSPS) is 13.5. The smallest absolute Gasteiger partial charge is 0.261 e. The van der Waals surface area contributed by atoms with E-state index < -0.39 is 0 Å². The van der Waals surface area contributed by atoms with E-state index in [2.05, 4.69) is 74.5 Å². The maximum absolute atomic E-state index is 12.5. The van der Waals surface area contributed by atoms with E-state index in [4.69, 9.17) is 0 Å². The van der Waals surface area contributed by atoms with Crippen LogP contribution in [0.5, 0.6) is 0 Å². The molecule has 3 nitrogen and oxygen atoms in total. The fourth-order valence-corrected chi connectivity index (χ4v) is 4.11. The second-order valence-electron chi connectivity index (χ2n) is 8.27. The van der Waals surface area contributed by atoms with E-state index in [9.17, 15) is 9.59 Å². The summed E-state index contributed by atoms with van der Waals surface area (Å²) in [5.41, 5.74) is 5.97. The van der Waals surface area contributed by atoms with Crippen LogP contribution in [0.1, 0.15) is 69.2 Å². The second-order valence-corrected chi connectivity index (χ2v) is 8.27. The number of fused-ring (bicyclic) bond motifs is 1. The van der Waals surface area contributed by atoms with Crippen molar-refractivity contribution in [3.63, 3.8) is 0 Å². The molecule has 0 unspecified atom stereocenters. The van der Waals surface area contributed by atoms with Crippen molar-refractivity contribution >= 4 is 24.0 Å². The molecule has 0 radical (unpaired) electrons. The summed E-state index contributed by atoms with van der Waals surface area (Å²) in [4.78, 5) is 26.4. The van der Waals surface area contributed by atoms with Crippen molar-refractivity contribution < 1.29 is 9.59 Å². The Balaban J connectivity index is 1.39. The minimum Gasteiger partial charge on any atom is -0.274 e. The molecule has 0 saturated carbocycles. The number of hydrogen-bond donors (Lipinski definition) is 0. The molecular weight excluding hydrogens is 382 g/mol. The zero-order valence-electron chi connectivity index (χ0n) is 18.0. The first-order valence-electron chi connectivity index (χ1n) is 10.9. The van der Waals surface area contributed by atoms with Crippen molar-refractivity contribution in [2.75, 3.05) is 6.54 Å². The summed E-state index contributed by atoms with van der Waals surface area (Å²) in [7, 11) is 0. The van der Waals surface area contributed by atoms with Gasteiger partial charge in [0.15, 0.2) is 0 Å². The number of nitrogens with zero attached hydrogens (tertiary/aromatic N) is 1. The average molecular weight is 410 g/mol. The number of rotatable bonds is 7. The van der Waals surface area contributed by atoms with E-state index >= 15 is 0 Å². The van der Waals surface area contributed by atoms with Gasteiger partial charge in [-0.25, -0.2) is 0 Å². The van der Waals surface area contributed by atoms with E-state index in [0.717, 1.165) is 18.4 Å². The fraction of sp³-hybridized carbons (Fsp3) is 0.214. The predicted octanol–water partition coefficient (Wildman–Crippen LogP) is 6.21. The molecule has 3 heteroatoms. The molecule has 0 spiro atoms. The highest BCUT2D eigenvalue weighted by Crippen LogP contribution is 2.23. The third-order valence-electron chi connectivity index (χ3n) is 5.75. The van der Waals surface area contributed by atoms with E-state index in [1.54, 1.807) is 24.3 Å². The Labute approximate surface area is 184 Å². The first-order valence-corrected chi connectivity index (χ1v) is 10.9. The molecule has 1 aliphatic heterocycles. The summed E-state index contributed by atoms with van der Waals surface area (Å²) in [6.07, 6.45) is 5.88.